The lowest BCUT2D eigenvalue weighted by atomic mass is 10.3. The Morgan fingerprint density at radius 3 is 2.95 bits per heavy atom. The maximum atomic E-state index is 12.0. The van der Waals surface area contributed by atoms with E-state index >= 15 is 0 Å². The van der Waals surface area contributed by atoms with Crippen molar-refractivity contribution in [2.24, 2.45) is 0 Å². The van der Waals surface area contributed by atoms with Crippen LogP contribution in [0.15, 0.2) is 29.6 Å². The van der Waals surface area contributed by atoms with Crippen LogP contribution in [0.2, 0.25) is 4.34 Å². The highest BCUT2D eigenvalue weighted by atomic mass is 35.5. The van der Waals surface area contributed by atoms with Crippen molar-refractivity contribution >= 4 is 51.9 Å². The summed E-state index contributed by atoms with van der Waals surface area (Å²) in [7, 11) is 0. The van der Waals surface area contributed by atoms with Gasteiger partial charge in [-0.15, -0.1) is 34.4 Å². The van der Waals surface area contributed by atoms with Gasteiger partial charge in [-0.2, -0.15) is 0 Å². The minimum Gasteiger partial charge on any atom is -0.325 e. The van der Waals surface area contributed by atoms with Gasteiger partial charge in [0.15, 0.2) is 0 Å². The SMILES string of the molecule is O=C1CSC(c2ccc(Cl)s2)N1CCc1cccs1. The number of thiophene rings is 2. The van der Waals surface area contributed by atoms with Crippen LogP contribution in [-0.2, 0) is 11.2 Å². The first-order valence-corrected chi connectivity index (χ1v) is 9.05. The number of carbonyl (C=O) groups is 1. The van der Waals surface area contributed by atoms with E-state index in [0.29, 0.717) is 5.75 Å². The molecule has 2 aromatic heterocycles. The van der Waals surface area contributed by atoms with Gasteiger partial charge in [0.2, 0.25) is 5.91 Å². The molecule has 1 aliphatic heterocycles. The summed E-state index contributed by atoms with van der Waals surface area (Å²) in [6.07, 6.45) is 0.930. The highest BCUT2D eigenvalue weighted by molar-refractivity contribution is 8.00. The van der Waals surface area contributed by atoms with Crippen LogP contribution < -0.4 is 0 Å². The van der Waals surface area contributed by atoms with Crippen LogP contribution in [0.25, 0.3) is 0 Å². The third-order valence-electron chi connectivity index (χ3n) is 2.98. The van der Waals surface area contributed by atoms with Gasteiger partial charge in [-0.25, -0.2) is 0 Å². The zero-order valence-electron chi connectivity index (χ0n) is 10.0. The molecule has 0 saturated carbocycles. The molecule has 6 heteroatoms. The highest BCUT2D eigenvalue weighted by Gasteiger charge is 2.33. The molecule has 2 nitrogen and oxygen atoms in total. The molecular weight excluding hydrogens is 318 g/mol. The van der Waals surface area contributed by atoms with Gasteiger partial charge < -0.3 is 4.90 Å². The van der Waals surface area contributed by atoms with Crippen LogP contribution in [0, 0.1) is 0 Å². The van der Waals surface area contributed by atoms with E-state index < -0.39 is 0 Å². The van der Waals surface area contributed by atoms with Crippen LogP contribution >= 0.6 is 46.0 Å². The van der Waals surface area contributed by atoms with Crippen molar-refractivity contribution in [3.05, 3.63) is 43.7 Å². The van der Waals surface area contributed by atoms with Crippen molar-refractivity contribution in [1.82, 2.24) is 4.90 Å². The number of halogens is 1. The van der Waals surface area contributed by atoms with E-state index in [-0.39, 0.29) is 11.3 Å². The summed E-state index contributed by atoms with van der Waals surface area (Å²) in [4.78, 5) is 16.5. The number of amides is 1. The average molecular weight is 330 g/mol. The van der Waals surface area contributed by atoms with Crippen molar-refractivity contribution in [3.8, 4) is 0 Å². The van der Waals surface area contributed by atoms with Crippen molar-refractivity contribution in [3.63, 3.8) is 0 Å². The lowest BCUT2D eigenvalue weighted by Gasteiger charge is -2.22. The number of hydrogen-bond acceptors (Lipinski definition) is 4. The van der Waals surface area contributed by atoms with E-state index in [1.807, 2.05) is 17.0 Å². The molecule has 1 atom stereocenters. The van der Waals surface area contributed by atoms with Gasteiger partial charge in [0, 0.05) is 16.3 Å². The molecule has 3 rings (SSSR count). The minimum atomic E-state index is 0.143. The fourth-order valence-corrected chi connectivity index (χ4v) is 5.29. The Morgan fingerprint density at radius 1 is 1.37 bits per heavy atom. The maximum Gasteiger partial charge on any atom is 0.233 e. The second kappa shape index (κ2) is 5.87. The van der Waals surface area contributed by atoms with Crippen LogP contribution in [0.1, 0.15) is 15.1 Å². The molecule has 0 aromatic carbocycles. The summed E-state index contributed by atoms with van der Waals surface area (Å²) in [5.41, 5.74) is 0. The molecule has 100 valence electrons. The standard InChI is InChI=1S/C13H12ClNOS3/c14-11-4-3-10(19-11)13-15(12(16)8-18-13)6-5-9-2-1-7-17-9/h1-4,7,13H,5-6,8H2. The smallest absolute Gasteiger partial charge is 0.233 e. The molecule has 1 unspecified atom stereocenters. The number of thioether (sulfide) groups is 1. The van der Waals surface area contributed by atoms with Crippen molar-refractivity contribution in [1.29, 1.82) is 0 Å². The fraction of sp³-hybridized carbons (Fsp3) is 0.308. The first-order chi connectivity index (χ1) is 9.24. The predicted octanol–water partition coefficient (Wildman–Crippen LogP) is 4.28. The molecular formula is C13H12ClNOS3. The molecule has 1 fully saturated rings. The zero-order valence-corrected chi connectivity index (χ0v) is 13.2. The van der Waals surface area contributed by atoms with Gasteiger partial charge in [0.1, 0.15) is 5.37 Å². The molecule has 3 heterocycles. The van der Waals surface area contributed by atoms with Crippen LogP contribution in [0.3, 0.4) is 0 Å². The van der Waals surface area contributed by atoms with Gasteiger partial charge in [0.25, 0.3) is 0 Å². The number of nitrogens with zero attached hydrogens (tertiary/aromatic N) is 1. The molecule has 0 radical (unpaired) electrons. The minimum absolute atomic E-state index is 0.143. The first-order valence-electron chi connectivity index (χ1n) is 5.93. The second-order valence-corrected chi connectivity index (χ2v) is 8.07. The van der Waals surface area contributed by atoms with Crippen molar-refractivity contribution in [2.75, 3.05) is 12.3 Å². The largest absolute Gasteiger partial charge is 0.325 e. The summed E-state index contributed by atoms with van der Waals surface area (Å²) in [5, 5.41) is 2.22. The summed E-state index contributed by atoms with van der Waals surface area (Å²) in [5.74, 6) is 0.807. The molecule has 0 bridgehead atoms. The lowest BCUT2D eigenvalue weighted by molar-refractivity contribution is -0.127. The van der Waals surface area contributed by atoms with Crippen molar-refractivity contribution < 1.29 is 4.79 Å². The summed E-state index contributed by atoms with van der Waals surface area (Å²) < 4.78 is 0.785. The quantitative estimate of drug-likeness (QED) is 0.834. The molecule has 2 aromatic rings. The number of carbonyl (C=O) groups excluding carboxylic acids is 1. The molecule has 1 aliphatic rings. The summed E-state index contributed by atoms with van der Waals surface area (Å²) in [6, 6.07) is 8.11. The number of hydrogen-bond donors (Lipinski definition) is 0. The van der Waals surface area contributed by atoms with Crippen LogP contribution in [0.5, 0.6) is 0 Å². The van der Waals surface area contributed by atoms with Crippen molar-refractivity contribution in [2.45, 2.75) is 11.8 Å². The van der Waals surface area contributed by atoms with Gasteiger partial charge in [-0.05, 0) is 30.0 Å². The predicted molar refractivity (Wildman–Crippen MR) is 84.3 cm³/mol. The van der Waals surface area contributed by atoms with E-state index in [2.05, 4.69) is 17.5 Å². The van der Waals surface area contributed by atoms with E-state index in [0.717, 1.165) is 17.3 Å². The van der Waals surface area contributed by atoms with E-state index in [4.69, 9.17) is 11.6 Å². The Balaban J connectivity index is 1.71. The lowest BCUT2D eigenvalue weighted by Crippen LogP contribution is -2.29. The van der Waals surface area contributed by atoms with E-state index in [1.54, 1.807) is 34.4 Å². The van der Waals surface area contributed by atoms with Crippen LogP contribution in [-0.4, -0.2) is 23.1 Å². The highest BCUT2D eigenvalue weighted by Crippen LogP contribution is 2.42. The maximum absolute atomic E-state index is 12.0. The molecule has 1 saturated heterocycles. The Morgan fingerprint density at radius 2 is 2.26 bits per heavy atom. The molecule has 19 heavy (non-hydrogen) atoms. The Hall–Kier alpha value is -0.490. The third kappa shape index (κ3) is 2.99. The molecule has 1 amide bonds. The second-order valence-electron chi connectivity index (χ2n) is 4.22. The Labute approximate surface area is 129 Å². The fourth-order valence-electron chi connectivity index (χ4n) is 2.08. The van der Waals surface area contributed by atoms with Gasteiger partial charge in [0.05, 0.1) is 10.1 Å². The Bertz CT molecular complexity index is 566. The topological polar surface area (TPSA) is 20.3 Å². The third-order valence-corrected chi connectivity index (χ3v) is 6.59. The Kier molecular flexibility index (Phi) is 4.17. The van der Waals surface area contributed by atoms with Crippen LogP contribution in [0.4, 0.5) is 0 Å². The zero-order chi connectivity index (χ0) is 13.2. The number of rotatable bonds is 4. The van der Waals surface area contributed by atoms with Gasteiger partial charge >= 0.3 is 0 Å². The van der Waals surface area contributed by atoms with Gasteiger partial charge in [-0.3, -0.25) is 4.79 Å². The van der Waals surface area contributed by atoms with Gasteiger partial charge in [-0.1, -0.05) is 17.7 Å². The van der Waals surface area contributed by atoms with E-state index in [1.165, 1.54) is 9.75 Å². The first kappa shape index (κ1) is 13.5. The molecule has 0 aliphatic carbocycles. The van der Waals surface area contributed by atoms with E-state index in [9.17, 15) is 4.79 Å². The average Bonchev–Trinajstić information content (AvgIpc) is 3.08. The summed E-state index contributed by atoms with van der Waals surface area (Å²) >= 11 is 11.0. The molecule has 0 N–H and O–H groups in total. The molecule has 0 spiro atoms. The normalized spacial score (nSPS) is 19.3. The summed E-state index contributed by atoms with van der Waals surface area (Å²) in [6.45, 7) is 0.784. The monoisotopic (exact) mass is 329 g/mol.